The van der Waals surface area contributed by atoms with Gasteiger partial charge < -0.3 is 15.2 Å². The molecule has 2 atom stereocenters. The van der Waals surface area contributed by atoms with Gasteiger partial charge in [0, 0.05) is 26.2 Å². The molecule has 1 heterocycles. The van der Waals surface area contributed by atoms with Crippen LogP contribution in [0.1, 0.15) is 37.7 Å². The van der Waals surface area contributed by atoms with Crippen molar-refractivity contribution in [2.75, 3.05) is 26.8 Å². The van der Waals surface area contributed by atoms with Gasteiger partial charge in [-0.2, -0.15) is 0 Å². The minimum atomic E-state index is -0.706. The zero-order valence-corrected chi connectivity index (χ0v) is 12.5. The number of hydrogen-bond donors (Lipinski definition) is 2. The van der Waals surface area contributed by atoms with Gasteiger partial charge in [0.2, 0.25) is 0 Å². The van der Waals surface area contributed by atoms with Crippen LogP contribution in [0.3, 0.4) is 0 Å². The Morgan fingerprint density at radius 1 is 1.30 bits per heavy atom. The molecule has 1 aliphatic rings. The summed E-state index contributed by atoms with van der Waals surface area (Å²) in [6.07, 6.45) is 5.06. The van der Waals surface area contributed by atoms with Crippen LogP contribution < -0.4 is 5.32 Å². The van der Waals surface area contributed by atoms with E-state index in [1.54, 1.807) is 7.11 Å². The molecule has 0 aromatic heterocycles. The van der Waals surface area contributed by atoms with E-state index in [1.807, 2.05) is 18.2 Å². The molecule has 2 N–H and O–H groups in total. The lowest BCUT2D eigenvalue weighted by atomic mass is 9.74. The first-order chi connectivity index (χ1) is 9.77. The molecule has 20 heavy (non-hydrogen) atoms. The molecule has 1 aromatic carbocycles. The Labute approximate surface area is 122 Å². The van der Waals surface area contributed by atoms with Crippen molar-refractivity contribution in [3.63, 3.8) is 0 Å². The Morgan fingerprint density at radius 3 is 2.75 bits per heavy atom. The molecule has 0 saturated carbocycles. The average Bonchev–Trinajstić information content (AvgIpc) is 2.53. The lowest BCUT2D eigenvalue weighted by Gasteiger charge is -2.39. The molecule has 3 heteroatoms. The summed E-state index contributed by atoms with van der Waals surface area (Å²) in [4.78, 5) is 0. The summed E-state index contributed by atoms with van der Waals surface area (Å²) in [6.45, 7) is 2.76. The van der Waals surface area contributed by atoms with E-state index in [2.05, 4.69) is 17.4 Å². The molecule has 1 saturated heterocycles. The van der Waals surface area contributed by atoms with Crippen LogP contribution in [-0.2, 0) is 10.3 Å². The van der Waals surface area contributed by atoms with Gasteiger partial charge in [-0.05, 0) is 44.2 Å². The summed E-state index contributed by atoms with van der Waals surface area (Å²) in [7, 11) is 1.73. The molecule has 1 aromatic rings. The fourth-order valence-electron chi connectivity index (χ4n) is 3.21. The second-order valence-electron chi connectivity index (χ2n) is 5.78. The topological polar surface area (TPSA) is 41.5 Å². The number of piperidine rings is 1. The van der Waals surface area contributed by atoms with E-state index in [9.17, 15) is 5.11 Å². The van der Waals surface area contributed by atoms with Crippen LogP contribution in [-0.4, -0.2) is 31.9 Å². The van der Waals surface area contributed by atoms with E-state index in [1.165, 1.54) is 0 Å². The van der Waals surface area contributed by atoms with Crippen LogP contribution in [0.4, 0.5) is 0 Å². The molecule has 1 fully saturated rings. The standard InChI is InChI=1S/C17H27NO2/c1-20-13-6-5-11-17(19,15-8-3-2-4-9-15)16-10-7-12-18-14-16/h2-4,8-9,16,18-19H,5-7,10-14H2,1H3/t16?,17-/m1/s1. The minimum Gasteiger partial charge on any atom is -0.385 e. The number of hydrogen-bond acceptors (Lipinski definition) is 3. The summed E-state index contributed by atoms with van der Waals surface area (Å²) >= 11 is 0. The molecule has 0 spiro atoms. The quantitative estimate of drug-likeness (QED) is 0.753. The Balaban J connectivity index is 2.09. The first-order valence-electron chi connectivity index (χ1n) is 7.75. The number of unbranched alkanes of at least 4 members (excludes halogenated alkanes) is 1. The maximum atomic E-state index is 11.3. The van der Waals surface area contributed by atoms with Crippen molar-refractivity contribution < 1.29 is 9.84 Å². The second-order valence-corrected chi connectivity index (χ2v) is 5.78. The highest BCUT2D eigenvalue weighted by Crippen LogP contribution is 2.38. The highest BCUT2D eigenvalue weighted by atomic mass is 16.5. The van der Waals surface area contributed by atoms with Crippen molar-refractivity contribution >= 4 is 0 Å². The number of rotatable bonds is 7. The molecule has 0 bridgehead atoms. The Kier molecular flexibility index (Phi) is 6.02. The minimum absolute atomic E-state index is 0.307. The third-order valence-electron chi connectivity index (χ3n) is 4.40. The van der Waals surface area contributed by atoms with Gasteiger partial charge in [0.25, 0.3) is 0 Å². The van der Waals surface area contributed by atoms with E-state index in [4.69, 9.17) is 4.74 Å². The fourth-order valence-corrected chi connectivity index (χ4v) is 3.21. The molecule has 0 radical (unpaired) electrons. The summed E-state index contributed by atoms with van der Waals surface area (Å²) in [5, 5.41) is 14.8. The maximum Gasteiger partial charge on any atom is 0.0936 e. The van der Waals surface area contributed by atoms with Gasteiger partial charge in [-0.15, -0.1) is 0 Å². The molecule has 112 valence electrons. The van der Waals surface area contributed by atoms with Crippen molar-refractivity contribution in [2.45, 2.75) is 37.7 Å². The zero-order valence-electron chi connectivity index (χ0n) is 12.5. The molecule has 0 aliphatic carbocycles. The van der Waals surface area contributed by atoms with E-state index < -0.39 is 5.60 Å². The Morgan fingerprint density at radius 2 is 2.10 bits per heavy atom. The van der Waals surface area contributed by atoms with Crippen molar-refractivity contribution in [3.8, 4) is 0 Å². The van der Waals surface area contributed by atoms with Crippen molar-refractivity contribution in [1.82, 2.24) is 5.32 Å². The van der Waals surface area contributed by atoms with E-state index in [-0.39, 0.29) is 0 Å². The van der Waals surface area contributed by atoms with Crippen LogP contribution in [0.2, 0.25) is 0 Å². The molecule has 0 amide bonds. The van der Waals surface area contributed by atoms with Crippen LogP contribution in [0, 0.1) is 5.92 Å². The molecule has 1 aliphatic heterocycles. The molecular formula is C17H27NO2. The number of methoxy groups -OCH3 is 1. The van der Waals surface area contributed by atoms with Crippen LogP contribution in [0.5, 0.6) is 0 Å². The van der Waals surface area contributed by atoms with Crippen LogP contribution in [0.25, 0.3) is 0 Å². The molecule has 1 unspecified atom stereocenters. The maximum absolute atomic E-state index is 11.3. The summed E-state index contributed by atoms with van der Waals surface area (Å²) in [5.74, 6) is 0.307. The van der Waals surface area contributed by atoms with Gasteiger partial charge in [-0.25, -0.2) is 0 Å². The predicted molar refractivity (Wildman–Crippen MR) is 81.7 cm³/mol. The van der Waals surface area contributed by atoms with Gasteiger partial charge in [-0.1, -0.05) is 30.3 Å². The number of aliphatic hydroxyl groups is 1. The van der Waals surface area contributed by atoms with Crippen LogP contribution >= 0.6 is 0 Å². The van der Waals surface area contributed by atoms with Gasteiger partial charge in [-0.3, -0.25) is 0 Å². The van der Waals surface area contributed by atoms with Gasteiger partial charge in [0.05, 0.1) is 5.60 Å². The lowest BCUT2D eigenvalue weighted by Crippen LogP contribution is -2.44. The van der Waals surface area contributed by atoms with E-state index >= 15 is 0 Å². The second kappa shape index (κ2) is 7.77. The van der Waals surface area contributed by atoms with Crippen molar-refractivity contribution in [1.29, 1.82) is 0 Å². The first kappa shape index (κ1) is 15.5. The van der Waals surface area contributed by atoms with Crippen molar-refractivity contribution in [3.05, 3.63) is 35.9 Å². The van der Waals surface area contributed by atoms with Gasteiger partial charge in [0.1, 0.15) is 0 Å². The summed E-state index contributed by atoms with van der Waals surface area (Å²) in [6, 6.07) is 10.2. The van der Waals surface area contributed by atoms with Gasteiger partial charge >= 0.3 is 0 Å². The van der Waals surface area contributed by atoms with Crippen LogP contribution in [0.15, 0.2) is 30.3 Å². The predicted octanol–water partition coefficient (Wildman–Crippen LogP) is 2.69. The number of ether oxygens (including phenoxy) is 1. The van der Waals surface area contributed by atoms with Gasteiger partial charge in [0.15, 0.2) is 0 Å². The number of benzene rings is 1. The summed E-state index contributed by atoms with van der Waals surface area (Å²) in [5.41, 5.74) is 0.355. The normalized spacial score (nSPS) is 22.4. The summed E-state index contributed by atoms with van der Waals surface area (Å²) < 4.78 is 5.11. The molecule has 3 nitrogen and oxygen atoms in total. The SMILES string of the molecule is COCCCC[C@@](O)(c1ccccc1)C1CCCNC1. The number of nitrogens with one attached hydrogen (secondary N) is 1. The fraction of sp³-hybridized carbons (Fsp3) is 0.647. The smallest absolute Gasteiger partial charge is 0.0936 e. The van der Waals surface area contributed by atoms with E-state index in [0.29, 0.717) is 5.92 Å². The highest BCUT2D eigenvalue weighted by Gasteiger charge is 2.38. The Hall–Kier alpha value is -0.900. The molecular weight excluding hydrogens is 250 g/mol. The zero-order chi connectivity index (χ0) is 14.3. The van der Waals surface area contributed by atoms with Crippen molar-refractivity contribution in [2.24, 2.45) is 5.92 Å². The third kappa shape index (κ3) is 3.81. The Bertz CT molecular complexity index is 376. The molecule has 2 rings (SSSR count). The lowest BCUT2D eigenvalue weighted by molar-refractivity contribution is -0.0434. The average molecular weight is 277 g/mol. The first-order valence-corrected chi connectivity index (χ1v) is 7.75. The highest BCUT2D eigenvalue weighted by molar-refractivity contribution is 5.23. The monoisotopic (exact) mass is 277 g/mol. The third-order valence-corrected chi connectivity index (χ3v) is 4.40. The van der Waals surface area contributed by atoms with E-state index in [0.717, 1.165) is 57.4 Å². The largest absolute Gasteiger partial charge is 0.385 e.